The van der Waals surface area contributed by atoms with Gasteiger partial charge in [0.05, 0.1) is 6.61 Å². The quantitative estimate of drug-likeness (QED) is 0.465. The molecule has 0 atom stereocenters. The zero-order valence-corrected chi connectivity index (χ0v) is 12.2. The zero-order chi connectivity index (χ0) is 14.6. The predicted octanol–water partition coefficient (Wildman–Crippen LogP) is 2.52. The number of nitrogens with zero attached hydrogens (tertiary/aromatic N) is 1. The molecule has 0 aliphatic heterocycles. The third kappa shape index (κ3) is 3.34. The first kappa shape index (κ1) is 15.2. The van der Waals surface area contributed by atoms with Gasteiger partial charge in [-0.05, 0) is 45.0 Å². The second-order valence-corrected chi connectivity index (χ2v) is 5.12. The molecule has 1 aromatic carbocycles. The van der Waals surface area contributed by atoms with Crippen molar-refractivity contribution >= 4 is 17.4 Å². The highest BCUT2D eigenvalue weighted by Gasteiger charge is 2.37. The summed E-state index contributed by atoms with van der Waals surface area (Å²) in [5.41, 5.74) is 0.365. The highest BCUT2D eigenvalue weighted by molar-refractivity contribution is 6.11. The maximum absolute atomic E-state index is 12.3. The molecule has 0 spiro atoms. The Morgan fingerprint density at radius 1 is 1.16 bits per heavy atom. The molecular formula is C15H21NO3. The van der Waals surface area contributed by atoms with Gasteiger partial charge in [0, 0.05) is 25.3 Å². The van der Waals surface area contributed by atoms with Gasteiger partial charge in [0.25, 0.3) is 0 Å². The molecule has 0 aliphatic rings. The second kappa shape index (κ2) is 5.87. The van der Waals surface area contributed by atoms with Gasteiger partial charge in [-0.15, -0.1) is 0 Å². The number of carbonyl (C=O) groups excluding carboxylic acids is 2. The number of rotatable bonds is 5. The number of esters is 1. The Kier molecular flexibility index (Phi) is 4.70. The maximum atomic E-state index is 12.3. The molecule has 0 N–H and O–H groups in total. The van der Waals surface area contributed by atoms with Crippen LogP contribution in [0.2, 0.25) is 0 Å². The lowest BCUT2D eigenvalue weighted by molar-refractivity contribution is -0.150. The lowest BCUT2D eigenvalue weighted by Gasteiger charge is -2.21. The average Bonchev–Trinajstić information content (AvgIpc) is 2.38. The van der Waals surface area contributed by atoms with Crippen molar-refractivity contribution in [3.63, 3.8) is 0 Å². The van der Waals surface area contributed by atoms with Crippen LogP contribution in [0.3, 0.4) is 0 Å². The summed E-state index contributed by atoms with van der Waals surface area (Å²) < 4.78 is 4.94. The van der Waals surface area contributed by atoms with Crippen molar-refractivity contribution in [1.29, 1.82) is 0 Å². The van der Waals surface area contributed by atoms with Crippen molar-refractivity contribution < 1.29 is 14.3 Å². The number of hydrogen-bond acceptors (Lipinski definition) is 4. The van der Waals surface area contributed by atoms with Crippen molar-refractivity contribution in [1.82, 2.24) is 0 Å². The number of anilines is 1. The van der Waals surface area contributed by atoms with E-state index in [-0.39, 0.29) is 12.4 Å². The average molecular weight is 263 g/mol. The van der Waals surface area contributed by atoms with Crippen LogP contribution in [0.15, 0.2) is 24.3 Å². The summed E-state index contributed by atoms with van der Waals surface area (Å²) in [6.07, 6.45) is 0. The molecule has 4 nitrogen and oxygen atoms in total. The van der Waals surface area contributed by atoms with Crippen LogP contribution in [-0.4, -0.2) is 32.5 Å². The van der Waals surface area contributed by atoms with E-state index < -0.39 is 11.4 Å². The van der Waals surface area contributed by atoms with E-state index in [2.05, 4.69) is 0 Å². The monoisotopic (exact) mass is 263 g/mol. The van der Waals surface area contributed by atoms with Crippen LogP contribution in [0, 0.1) is 5.41 Å². The van der Waals surface area contributed by atoms with Crippen LogP contribution in [-0.2, 0) is 9.53 Å². The van der Waals surface area contributed by atoms with Crippen molar-refractivity contribution in [2.24, 2.45) is 5.41 Å². The summed E-state index contributed by atoms with van der Waals surface area (Å²) >= 11 is 0. The summed E-state index contributed by atoms with van der Waals surface area (Å²) in [4.78, 5) is 26.1. The Morgan fingerprint density at radius 3 is 2.11 bits per heavy atom. The Morgan fingerprint density at radius 2 is 1.68 bits per heavy atom. The Hall–Kier alpha value is -1.84. The van der Waals surface area contributed by atoms with Gasteiger partial charge < -0.3 is 9.64 Å². The lowest BCUT2D eigenvalue weighted by Crippen LogP contribution is -2.35. The van der Waals surface area contributed by atoms with Gasteiger partial charge in [0.1, 0.15) is 5.41 Å². The van der Waals surface area contributed by atoms with Crippen molar-refractivity contribution in [2.75, 3.05) is 25.6 Å². The second-order valence-electron chi connectivity index (χ2n) is 5.12. The summed E-state index contributed by atoms with van der Waals surface area (Å²) in [7, 11) is 3.86. The molecule has 0 amide bonds. The van der Waals surface area contributed by atoms with Gasteiger partial charge in [-0.25, -0.2) is 0 Å². The van der Waals surface area contributed by atoms with E-state index in [1.54, 1.807) is 32.9 Å². The van der Waals surface area contributed by atoms with E-state index in [1.807, 2.05) is 31.1 Å². The predicted molar refractivity (Wildman–Crippen MR) is 75.5 cm³/mol. The van der Waals surface area contributed by atoms with E-state index in [0.29, 0.717) is 5.56 Å². The molecule has 0 aromatic heterocycles. The minimum atomic E-state index is -1.16. The normalized spacial score (nSPS) is 11.0. The van der Waals surface area contributed by atoms with Gasteiger partial charge in [-0.3, -0.25) is 9.59 Å². The molecule has 0 aliphatic carbocycles. The van der Waals surface area contributed by atoms with E-state index in [9.17, 15) is 9.59 Å². The molecular weight excluding hydrogens is 242 g/mol. The SMILES string of the molecule is CCOC(=O)C(C)(C)C(=O)c1ccc(N(C)C)cc1. The summed E-state index contributed by atoms with van der Waals surface area (Å²) in [6.45, 7) is 5.18. The van der Waals surface area contributed by atoms with Gasteiger partial charge in [-0.2, -0.15) is 0 Å². The summed E-state index contributed by atoms with van der Waals surface area (Å²) in [5, 5.41) is 0. The molecule has 0 saturated heterocycles. The molecule has 1 rings (SSSR count). The fraction of sp³-hybridized carbons (Fsp3) is 0.467. The minimum Gasteiger partial charge on any atom is -0.465 e. The molecule has 0 heterocycles. The standard InChI is InChI=1S/C15H21NO3/c1-6-19-14(18)15(2,3)13(17)11-7-9-12(10-8-11)16(4)5/h7-10H,6H2,1-5H3. The van der Waals surface area contributed by atoms with Crippen molar-refractivity contribution in [3.8, 4) is 0 Å². The number of ketones is 1. The third-order valence-electron chi connectivity index (χ3n) is 3.00. The molecule has 0 bridgehead atoms. The minimum absolute atomic E-state index is 0.226. The van der Waals surface area contributed by atoms with Crippen LogP contribution < -0.4 is 4.90 Å². The summed E-state index contributed by atoms with van der Waals surface area (Å²) in [6, 6.07) is 7.18. The van der Waals surface area contributed by atoms with Gasteiger partial charge in [-0.1, -0.05) is 0 Å². The molecule has 4 heteroatoms. The number of benzene rings is 1. The first-order chi connectivity index (χ1) is 8.80. The third-order valence-corrected chi connectivity index (χ3v) is 3.00. The van der Waals surface area contributed by atoms with Crippen LogP contribution >= 0.6 is 0 Å². The van der Waals surface area contributed by atoms with Gasteiger partial charge in [0.2, 0.25) is 0 Å². The smallest absolute Gasteiger partial charge is 0.319 e. The molecule has 104 valence electrons. The van der Waals surface area contributed by atoms with Gasteiger partial charge >= 0.3 is 5.97 Å². The Balaban J connectivity index is 2.96. The number of Topliss-reactive ketones (excluding diaryl/α,β-unsaturated/α-hetero) is 1. The van der Waals surface area contributed by atoms with Crippen LogP contribution in [0.1, 0.15) is 31.1 Å². The Bertz CT molecular complexity index is 461. The molecule has 19 heavy (non-hydrogen) atoms. The Labute approximate surface area is 114 Å². The topological polar surface area (TPSA) is 46.6 Å². The fourth-order valence-corrected chi connectivity index (χ4v) is 1.68. The van der Waals surface area contributed by atoms with E-state index in [0.717, 1.165) is 5.69 Å². The van der Waals surface area contributed by atoms with Gasteiger partial charge in [0.15, 0.2) is 5.78 Å². The molecule has 0 unspecified atom stereocenters. The summed E-state index contributed by atoms with van der Waals surface area (Å²) in [5.74, 6) is -0.715. The van der Waals surface area contributed by atoms with Crippen LogP contribution in [0.4, 0.5) is 5.69 Å². The van der Waals surface area contributed by atoms with Crippen LogP contribution in [0.5, 0.6) is 0 Å². The first-order valence-electron chi connectivity index (χ1n) is 6.30. The molecule has 0 saturated carbocycles. The number of ether oxygens (including phenoxy) is 1. The van der Waals surface area contributed by atoms with E-state index in [4.69, 9.17) is 4.74 Å². The molecule has 1 aromatic rings. The number of hydrogen-bond donors (Lipinski definition) is 0. The number of carbonyl (C=O) groups is 2. The first-order valence-corrected chi connectivity index (χ1v) is 6.30. The van der Waals surface area contributed by atoms with Crippen LogP contribution in [0.25, 0.3) is 0 Å². The highest BCUT2D eigenvalue weighted by atomic mass is 16.5. The molecule has 0 fully saturated rings. The largest absolute Gasteiger partial charge is 0.465 e. The lowest BCUT2D eigenvalue weighted by atomic mass is 9.84. The van der Waals surface area contributed by atoms with E-state index in [1.165, 1.54) is 0 Å². The zero-order valence-electron chi connectivity index (χ0n) is 12.2. The van der Waals surface area contributed by atoms with Crippen molar-refractivity contribution in [3.05, 3.63) is 29.8 Å². The highest BCUT2D eigenvalue weighted by Crippen LogP contribution is 2.25. The molecule has 0 radical (unpaired) electrons. The fourth-order valence-electron chi connectivity index (χ4n) is 1.68. The van der Waals surface area contributed by atoms with E-state index >= 15 is 0 Å². The maximum Gasteiger partial charge on any atom is 0.319 e. The van der Waals surface area contributed by atoms with Crippen molar-refractivity contribution in [2.45, 2.75) is 20.8 Å².